The van der Waals surface area contributed by atoms with Crippen molar-refractivity contribution in [2.75, 3.05) is 13.1 Å². The molecule has 2 aromatic heterocycles. The molecule has 0 saturated carbocycles. The van der Waals surface area contributed by atoms with Crippen molar-refractivity contribution in [1.29, 1.82) is 0 Å². The number of carbonyl (C=O) groups is 2. The van der Waals surface area contributed by atoms with Crippen LogP contribution >= 0.6 is 0 Å². The standard InChI is InChI=1S/C19H20N4O3/c24-18(25)12-23-9-6-17(21-23)15-2-1-8-22(11-15)19(26)14-3-4-16-13(10-14)5-7-20-16/h3-7,9-10,15,20H,1-2,8,11-12H2,(H,24,25). The number of aromatic nitrogens is 3. The molecule has 1 fully saturated rings. The topological polar surface area (TPSA) is 91.2 Å². The van der Waals surface area contributed by atoms with Gasteiger partial charge in [0.1, 0.15) is 6.54 Å². The number of fused-ring (bicyclic) bond motifs is 1. The molecule has 4 rings (SSSR count). The predicted octanol–water partition coefficient (Wildman–Crippen LogP) is 2.47. The zero-order valence-corrected chi connectivity index (χ0v) is 14.3. The van der Waals surface area contributed by atoms with Crippen LogP contribution in [0.3, 0.4) is 0 Å². The van der Waals surface area contributed by atoms with Crippen molar-refractivity contribution in [2.24, 2.45) is 0 Å². The molecule has 1 aromatic carbocycles. The Kier molecular flexibility index (Phi) is 4.20. The lowest BCUT2D eigenvalue weighted by Gasteiger charge is -2.32. The number of piperidine rings is 1. The molecule has 1 amide bonds. The van der Waals surface area contributed by atoms with Gasteiger partial charge in [-0.05, 0) is 43.2 Å². The van der Waals surface area contributed by atoms with Gasteiger partial charge in [0.05, 0.1) is 5.69 Å². The monoisotopic (exact) mass is 352 g/mol. The van der Waals surface area contributed by atoms with E-state index in [1.165, 1.54) is 4.68 Å². The first-order chi connectivity index (χ1) is 12.6. The normalized spacial score (nSPS) is 17.5. The summed E-state index contributed by atoms with van der Waals surface area (Å²) in [7, 11) is 0. The van der Waals surface area contributed by atoms with Crippen LogP contribution in [0.5, 0.6) is 0 Å². The number of aromatic amines is 1. The van der Waals surface area contributed by atoms with E-state index in [0.717, 1.165) is 36.0 Å². The molecule has 26 heavy (non-hydrogen) atoms. The minimum Gasteiger partial charge on any atom is -0.480 e. The fraction of sp³-hybridized carbons (Fsp3) is 0.316. The maximum Gasteiger partial charge on any atom is 0.325 e. The van der Waals surface area contributed by atoms with Crippen LogP contribution in [0, 0.1) is 0 Å². The van der Waals surface area contributed by atoms with Gasteiger partial charge in [-0.3, -0.25) is 14.3 Å². The van der Waals surface area contributed by atoms with Crippen LogP contribution < -0.4 is 0 Å². The van der Waals surface area contributed by atoms with Crippen molar-refractivity contribution >= 4 is 22.8 Å². The third-order valence-corrected chi connectivity index (χ3v) is 4.89. The number of hydrogen-bond acceptors (Lipinski definition) is 3. The van der Waals surface area contributed by atoms with Crippen molar-refractivity contribution in [3.05, 3.63) is 54.0 Å². The highest BCUT2D eigenvalue weighted by molar-refractivity contribution is 5.98. The van der Waals surface area contributed by atoms with Gasteiger partial charge < -0.3 is 15.0 Å². The van der Waals surface area contributed by atoms with E-state index in [0.29, 0.717) is 12.1 Å². The second-order valence-corrected chi connectivity index (χ2v) is 6.70. The second-order valence-electron chi connectivity index (χ2n) is 6.70. The summed E-state index contributed by atoms with van der Waals surface area (Å²) < 4.78 is 1.43. The molecule has 1 aliphatic heterocycles. The molecule has 1 unspecified atom stereocenters. The molecule has 3 heterocycles. The van der Waals surface area contributed by atoms with E-state index < -0.39 is 5.97 Å². The van der Waals surface area contributed by atoms with Crippen LogP contribution in [0.2, 0.25) is 0 Å². The average molecular weight is 352 g/mol. The highest BCUT2D eigenvalue weighted by Gasteiger charge is 2.27. The minimum absolute atomic E-state index is 0.0303. The number of likely N-dealkylation sites (tertiary alicyclic amines) is 1. The molecule has 7 nitrogen and oxygen atoms in total. The van der Waals surface area contributed by atoms with Gasteiger partial charge in [0.2, 0.25) is 0 Å². The van der Waals surface area contributed by atoms with E-state index in [-0.39, 0.29) is 18.4 Å². The van der Waals surface area contributed by atoms with Crippen molar-refractivity contribution in [2.45, 2.75) is 25.3 Å². The van der Waals surface area contributed by atoms with Crippen molar-refractivity contribution < 1.29 is 14.7 Å². The third kappa shape index (κ3) is 3.20. The molecule has 0 radical (unpaired) electrons. The third-order valence-electron chi connectivity index (χ3n) is 4.89. The largest absolute Gasteiger partial charge is 0.480 e. The van der Waals surface area contributed by atoms with E-state index in [4.69, 9.17) is 5.11 Å². The molecule has 134 valence electrons. The smallest absolute Gasteiger partial charge is 0.325 e. The molecule has 0 spiro atoms. The first kappa shape index (κ1) is 16.4. The van der Waals surface area contributed by atoms with Gasteiger partial charge in [-0.1, -0.05) is 0 Å². The van der Waals surface area contributed by atoms with Crippen LogP contribution in [0.1, 0.15) is 34.8 Å². The number of amides is 1. The number of benzene rings is 1. The van der Waals surface area contributed by atoms with Gasteiger partial charge in [-0.25, -0.2) is 0 Å². The van der Waals surface area contributed by atoms with Crippen LogP contribution in [0.15, 0.2) is 42.7 Å². The van der Waals surface area contributed by atoms with Gasteiger partial charge in [0, 0.05) is 47.9 Å². The van der Waals surface area contributed by atoms with Crippen molar-refractivity contribution in [1.82, 2.24) is 19.7 Å². The van der Waals surface area contributed by atoms with E-state index in [1.54, 1.807) is 6.20 Å². The van der Waals surface area contributed by atoms with Crippen LogP contribution in [0.25, 0.3) is 10.9 Å². The number of carbonyl (C=O) groups excluding carboxylic acids is 1. The Balaban J connectivity index is 1.49. The molecule has 1 saturated heterocycles. The molecule has 0 bridgehead atoms. The van der Waals surface area contributed by atoms with E-state index in [1.807, 2.05) is 41.4 Å². The summed E-state index contributed by atoms with van der Waals surface area (Å²) in [5, 5.41) is 14.3. The second kappa shape index (κ2) is 6.67. The Bertz CT molecular complexity index is 959. The van der Waals surface area contributed by atoms with Gasteiger partial charge in [0.15, 0.2) is 0 Å². The Morgan fingerprint density at radius 2 is 2.15 bits per heavy atom. The van der Waals surface area contributed by atoms with E-state index in [9.17, 15) is 9.59 Å². The molecule has 7 heteroatoms. The maximum atomic E-state index is 12.9. The van der Waals surface area contributed by atoms with E-state index >= 15 is 0 Å². The molecular formula is C19H20N4O3. The van der Waals surface area contributed by atoms with Gasteiger partial charge >= 0.3 is 5.97 Å². The Hall–Kier alpha value is -3.09. The number of carboxylic acids is 1. The first-order valence-corrected chi connectivity index (χ1v) is 8.72. The fourth-order valence-electron chi connectivity index (χ4n) is 3.59. The van der Waals surface area contributed by atoms with Crippen LogP contribution in [-0.2, 0) is 11.3 Å². The number of nitrogens with zero attached hydrogens (tertiary/aromatic N) is 3. The summed E-state index contributed by atoms with van der Waals surface area (Å²) in [6.07, 6.45) is 5.41. The molecule has 1 atom stereocenters. The quantitative estimate of drug-likeness (QED) is 0.755. The van der Waals surface area contributed by atoms with Crippen molar-refractivity contribution in [3.8, 4) is 0 Å². The summed E-state index contributed by atoms with van der Waals surface area (Å²) >= 11 is 0. The molecular weight excluding hydrogens is 332 g/mol. The van der Waals surface area contributed by atoms with Crippen LogP contribution in [0.4, 0.5) is 0 Å². The molecule has 2 N–H and O–H groups in total. The highest BCUT2D eigenvalue weighted by atomic mass is 16.4. The lowest BCUT2D eigenvalue weighted by molar-refractivity contribution is -0.137. The number of nitrogens with one attached hydrogen (secondary N) is 1. The Labute approximate surface area is 150 Å². The summed E-state index contributed by atoms with van der Waals surface area (Å²) in [6.45, 7) is 1.19. The number of rotatable bonds is 4. The predicted molar refractivity (Wildman–Crippen MR) is 96.0 cm³/mol. The molecule has 1 aliphatic rings. The molecule has 0 aliphatic carbocycles. The Morgan fingerprint density at radius 1 is 1.27 bits per heavy atom. The zero-order valence-electron chi connectivity index (χ0n) is 14.3. The summed E-state index contributed by atoms with van der Waals surface area (Å²) in [5.74, 6) is -0.748. The number of hydrogen-bond donors (Lipinski definition) is 2. The van der Waals surface area contributed by atoms with Crippen molar-refractivity contribution in [3.63, 3.8) is 0 Å². The minimum atomic E-state index is -0.916. The summed E-state index contributed by atoms with van der Waals surface area (Å²) in [6, 6.07) is 9.51. The maximum absolute atomic E-state index is 12.9. The van der Waals surface area contributed by atoms with Gasteiger partial charge in [-0.15, -0.1) is 0 Å². The molecule has 3 aromatic rings. The average Bonchev–Trinajstić information content (AvgIpc) is 3.29. The SMILES string of the molecule is O=C(O)Cn1ccc(C2CCCN(C(=O)c3ccc4[nH]ccc4c3)C2)n1. The summed E-state index contributed by atoms with van der Waals surface area (Å²) in [4.78, 5) is 28.7. The highest BCUT2D eigenvalue weighted by Crippen LogP contribution is 2.27. The zero-order chi connectivity index (χ0) is 18.1. The number of aliphatic carboxylic acids is 1. The number of carboxylic acid groups (broad SMARTS) is 1. The van der Waals surface area contributed by atoms with E-state index in [2.05, 4.69) is 10.1 Å². The lowest BCUT2D eigenvalue weighted by atomic mass is 9.94. The lowest BCUT2D eigenvalue weighted by Crippen LogP contribution is -2.39. The first-order valence-electron chi connectivity index (χ1n) is 8.72. The number of H-pyrrole nitrogens is 1. The fourth-order valence-corrected chi connectivity index (χ4v) is 3.59. The van der Waals surface area contributed by atoms with Gasteiger partial charge in [0.25, 0.3) is 5.91 Å². The summed E-state index contributed by atoms with van der Waals surface area (Å²) in [5.41, 5.74) is 2.56. The van der Waals surface area contributed by atoms with Gasteiger partial charge in [-0.2, -0.15) is 5.10 Å². The Morgan fingerprint density at radius 3 is 3.00 bits per heavy atom. The van der Waals surface area contributed by atoms with Crippen LogP contribution in [-0.4, -0.2) is 49.7 Å².